The SMILES string of the molecule is CSc1ncccc1C(=O)NC(C)c1ncc[nH]1. The number of nitrogens with one attached hydrogen (secondary N) is 2. The van der Waals surface area contributed by atoms with E-state index in [0.717, 1.165) is 10.9 Å². The molecule has 0 saturated carbocycles. The fraction of sp³-hybridized carbons (Fsp3) is 0.250. The van der Waals surface area contributed by atoms with Crippen molar-refractivity contribution >= 4 is 17.7 Å². The molecule has 2 heterocycles. The molecule has 6 heteroatoms. The van der Waals surface area contributed by atoms with Gasteiger partial charge in [-0.15, -0.1) is 11.8 Å². The highest BCUT2D eigenvalue weighted by Gasteiger charge is 2.15. The van der Waals surface area contributed by atoms with E-state index in [4.69, 9.17) is 0 Å². The number of aromatic amines is 1. The van der Waals surface area contributed by atoms with Crippen LogP contribution in [0.5, 0.6) is 0 Å². The van der Waals surface area contributed by atoms with Crippen molar-refractivity contribution < 1.29 is 4.79 Å². The van der Waals surface area contributed by atoms with Crippen LogP contribution in [-0.4, -0.2) is 27.1 Å². The monoisotopic (exact) mass is 262 g/mol. The zero-order valence-corrected chi connectivity index (χ0v) is 11.0. The van der Waals surface area contributed by atoms with Gasteiger partial charge in [0.15, 0.2) is 0 Å². The van der Waals surface area contributed by atoms with Gasteiger partial charge >= 0.3 is 0 Å². The fourth-order valence-corrected chi connectivity index (χ4v) is 2.13. The third-order valence-corrected chi connectivity index (χ3v) is 3.20. The van der Waals surface area contributed by atoms with Gasteiger partial charge in [-0.2, -0.15) is 0 Å². The van der Waals surface area contributed by atoms with Crippen molar-refractivity contribution in [1.29, 1.82) is 0 Å². The van der Waals surface area contributed by atoms with Crippen LogP contribution in [0.2, 0.25) is 0 Å². The second kappa shape index (κ2) is 5.68. The molecule has 94 valence electrons. The summed E-state index contributed by atoms with van der Waals surface area (Å²) in [5.41, 5.74) is 0.586. The maximum absolute atomic E-state index is 12.1. The molecule has 2 N–H and O–H groups in total. The average Bonchev–Trinajstić information content (AvgIpc) is 2.92. The van der Waals surface area contributed by atoms with E-state index in [-0.39, 0.29) is 11.9 Å². The lowest BCUT2D eigenvalue weighted by atomic mass is 10.2. The lowest BCUT2D eigenvalue weighted by Crippen LogP contribution is -2.27. The van der Waals surface area contributed by atoms with Gasteiger partial charge in [-0.3, -0.25) is 4.79 Å². The molecule has 0 aliphatic heterocycles. The van der Waals surface area contributed by atoms with Gasteiger partial charge in [0, 0.05) is 18.6 Å². The summed E-state index contributed by atoms with van der Waals surface area (Å²) in [5, 5.41) is 3.61. The number of hydrogen-bond acceptors (Lipinski definition) is 4. The molecule has 2 aromatic heterocycles. The average molecular weight is 262 g/mol. The molecule has 2 aromatic rings. The fourth-order valence-electron chi connectivity index (χ4n) is 1.58. The number of carbonyl (C=O) groups is 1. The highest BCUT2D eigenvalue weighted by Crippen LogP contribution is 2.17. The number of aromatic nitrogens is 3. The van der Waals surface area contributed by atoms with Gasteiger partial charge in [0.1, 0.15) is 10.9 Å². The first kappa shape index (κ1) is 12.6. The van der Waals surface area contributed by atoms with Crippen LogP contribution in [0.4, 0.5) is 0 Å². The van der Waals surface area contributed by atoms with Crippen LogP contribution in [0, 0.1) is 0 Å². The van der Waals surface area contributed by atoms with Crippen molar-refractivity contribution in [2.45, 2.75) is 18.0 Å². The van der Waals surface area contributed by atoms with Crippen LogP contribution in [0.1, 0.15) is 29.1 Å². The number of nitrogens with zero attached hydrogens (tertiary/aromatic N) is 2. The molecule has 0 bridgehead atoms. The molecular formula is C12H14N4OS. The molecule has 0 radical (unpaired) electrons. The molecule has 5 nitrogen and oxygen atoms in total. The van der Waals surface area contributed by atoms with E-state index in [1.54, 1.807) is 30.7 Å². The van der Waals surface area contributed by atoms with E-state index in [9.17, 15) is 4.79 Å². The second-order valence-corrected chi connectivity index (χ2v) is 4.52. The number of hydrogen-bond donors (Lipinski definition) is 2. The number of amides is 1. The van der Waals surface area contributed by atoms with Crippen LogP contribution < -0.4 is 5.32 Å². The molecule has 0 spiro atoms. The number of rotatable bonds is 4. The Morgan fingerprint density at radius 3 is 2.94 bits per heavy atom. The van der Waals surface area contributed by atoms with Crippen molar-refractivity contribution in [2.75, 3.05) is 6.26 Å². The van der Waals surface area contributed by atoms with Gasteiger partial charge in [-0.05, 0) is 25.3 Å². The topological polar surface area (TPSA) is 70.7 Å². The van der Waals surface area contributed by atoms with Gasteiger partial charge in [0.2, 0.25) is 0 Å². The summed E-state index contributed by atoms with van der Waals surface area (Å²) in [6.07, 6.45) is 6.97. The Kier molecular flexibility index (Phi) is 3.99. The van der Waals surface area contributed by atoms with Crippen LogP contribution in [0.15, 0.2) is 35.7 Å². The number of thioether (sulfide) groups is 1. The van der Waals surface area contributed by atoms with Crippen LogP contribution in [-0.2, 0) is 0 Å². The van der Waals surface area contributed by atoms with Crippen molar-refractivity contribution in [3.05, 3.63) is 42.1 Å². The minimum Gasteiger partial charge on any atom is -0.347 e. The first-order valence-electron chi connectivity index (χ1n) is 5.51. The molecule has 1 atom stereocenters. The van der Waals surface area contributed by atoms with E-state index in [0.29, 0.717) is 5.56 Å². The first-order chi connectivity index (χ1) is 8.72. The molecule has 1 amide bonds. The first-order valence-corrected chi connectivity index (χ1v) is 6.74. The Balaban J connectivity index is 2.12. The van der Waals surface area contributed by atoms with E-state index in [1.165, 1.54) is 11.8 Å². The van der Waals surface area contributed by atoms with Gasteiger partial charge < -0.3 is 10.3 Å². The summed E-state index contributed by atoms with van der Waals surface area (Å²) in [4.78, 5) is 23.4. The van der Waals surface area contributed by atoms with Crippen molar-refractivity contribution in [2.24, 2.45) is 0 Å². The summed E-state index contributed by atoms with van der Waals surface area (Å²) >= 11 is 1.45. The number of pyridine rings is 1. The zero-order chi connectivity index (χ0) is 13.0. The van der Waals surface area contributed by atoms with Gasteiger partial charge in [0.05, 0.1) is 11.6 Å². The number of carbonyl (C=O) groups excluding carboxylic acids is 1. The Morgan fingerprint density at radius 1 is 1.44 bits per heavy atom. The van der Waals surface area contributed by atoms with Crippen molar-refractivity contribution in [3.8, 4) is 0 Å². The molecule has 0 fully saturated rings. The molecule has 2 rings (SSSR count). The molecule has 0 saturated heterocycles. The second-order valence-electron chi connectivity index (χ2n) is 3.73. The minimum atomic E-state index is -0.164. The quantitative estimate of drug-likeness (QED) is 0.827. The lowest BCUT2D eigenvalue weighted by Gasteiger charge is -2.12. The van der Waals surface area contributed by atoms with E-state index >= 15 is 0 Å². The van der Waals surface area contributed by atoms with Crippen LogP contribution in [0.3, 0.4) is 0 Å². The maximum Gasteiger partial charge on any atom is 0.254 e. The van der Waals surface area contributed by atoms with Crippen LogP contribution in [0.25, 0.3) is 0 Å². The number of imidazole rings is 1. The largest absolute Gasteiger partial charge is 0.347 e. The number of H-pyrrole nitrogens is 1. The molecule has 1 unspecified atom stereocenters. The predicted molar refractivity (Wildman–Crippen MR) is 70.5 cm³/mol. The van der Waals surface area contributed by atoms with E-state index in [2.05, 4.69) is 20.3 Å². The Morgan fingerprint density at radius 2 is 2.28 bits per heavy atom. The molecular weight excluding hydrogens is 248 g/mol. The molecule has 0 aliphatic rings. The zero-order valence-electron chi connectivity index (χ0n) is 10.2. The summed E-state index contributed by atoms with van der Waals surface area (Å²) in [6, 6.07) is 3.36. The van der Waals surface area contributed by atoms with Crippen molar-refractivity contribution in [1.82, 2.24) is 20.3 Å². The Labute approximate surface area is 109 Å². The van der Waals surface area contributed by atoms with Gasteiger partial charge in [-0.25, -0.2) is 9.97 Å². The Bertz CT molecular complexity index is 527. The summed E-state index contributed by atoms with van der Waals surface area (Å²) in [7, 11) is 0. The van der Waals surface area contributed by atoms with Gasteiger partial charge in [0.25, 0.3) is 5.91 Å². The smallest absolute Gasteiger partial charge is 0.254 e. The summed E-state index contributed by atoms with van der Waals surface area (Å²) < 4.78 is 0. The summed E-state index contributed by atoms with van der Waals surface area (Å²) in [5.74, 6) is 0.592. The lowest BCUT2D eigenvalue weighted by molar-refractivity contribution is 0.0934. The predicted octanol–water partition coefficient (Wildman–Crippen LogP) is 2.02. The van der Waals surface area contributed by atoms with Gasteiger partial charge in [-0.1, -0.05) is 0 Å². The highest BCUT2D eigenvalue weighted by atomic mass is 32.2. The standard InChI is InChI=1S/C12H14N4OS/c1-8(10-13-6-7-14-10)16-11(17)9-4-3-5-15-12(9)18-2/h3-8H,1-2H3,(H,13,14)(H,16,17). The van der Waals surface area contributed by atoms with E-state index in [1.807, 2.05) is 13.2 Å². The normalized spacial score (nSPS) is 12.1. The van der Waals surface area contributed by atoms with Crippen LogP contribution >= 0.6 is 11.8 Å². The molecule has 0 aromatic carbocycles. The highest BCUT2D eigenvalue weighted by molar-refractivity contribution is 7.98. The molecule has 18 heavy (non-hydrogen) atoms. The van der Waals surface area contributed by atoms with Crippen molar-refractivity contribution in [3.63, 3.8) is 0 Å². The third kappa shape index (κ3) is 2.70. The molecule has 0 aliphatic carbocycles. The minimum absolute atomic E-state index is 0.142. The summed E-state index contributed by atoms with van der Waals surface area (Å²) in [6.45, 7) is 1.88. The third-order valence-electron chi connectivity index (χ3n) is 2.49. The Hall–Kier alpha value is -1.82. The van der Waals surface area contributed by atoms with E-state index < -0.39 is 0 Å². The maximum atomic E-state index is 12.1.